The van der Waals surface area contributed by atoms with Gasteiger partial charge in [-0.2, -0.15) is 17.6 Å². The Labute approximate surface area is 251 Å². The third kappa shape index (κ3) is 16.0. The van der Waals surface area contributed by atoms with Gasteiger partial charge in [0, 0.05) is 13.0 Å². The average Bonchev–Trinajstić information content (AvgIpc) is 2.93. The SMILES string of the molecule is C=C(F)C(=O)OC(C)(C)C1OCCC(OCOCCCCCCCCCCCCCCCCCCCC)(C(F)(F)F)O1. The average molecular weight is 613 g/mol. The highest BCUT2D eigenvalue weighted by Gasteiger charge is 2.62. The van der Waals surface area contributed by atoms with Crippen LogP contribution in [-0.2, 0) is 28.5 Å². The Balaban J connectivity index is 2.12. The lowest BCUT2D eigenvalue weighted by molar-refractivity contribution is -0.460. The van der Waals surface area contributed by atoms with Crippen LogP contribution in [0.2, 0.25) is 0 Å². The molecule has 0 aromatic heterocycles. The highest BCUT2D eigenvalue weighted by molar-refractivity contribution is 5.85. The van der Waals surface area contributed by atoms with Crippen LogP contribution in [-0.4, -0.2) is 49.8 Å². The van der Waals surface area contributed by atoms with Crippen molar-refractivity contribution < 1.29 is 46.0 Å². The number of carbonyl (C=O) groups excluding carboxylic acids is 1. The molecule has 248 valence electrons. The molecule has 1 aliphatic rings. The topological polar surface area (TPSA) is 63.2 Å². The Hall–Kier alpha value is -1.23. The van der Waals surface area contributed by atoms with Crippen molar-refractivity contribution in [3.63, 3.8) is 0 Å². The maximum Gasteiger partial charge on any atom is 0.443 e. The predicted octanol–water partition coefficient (Wildman–Crippen LogP) is 9.85. The molecule has 1 aliphatic heterocycles. The first-order valence-electron chi connectivity index (χ1n) is 16.1. The summed E-state index contributed by atoms with van der Waals surface area (Å²) in [6.07, 6.45) is 15.5. The number of unbranched alkanes of at least 4 members (excludes halogenated alkanes) is 17. The highest BCUT2D eigenvalue weighted by Crippen LogP contribution is 2.43. The maximum atomic E-state index is 14.0. The first-order valence-corrected chi connectivity index (χ1v) is 16.1. The Bertz CT molecular complexity index is 730. The van der Waals surface area contributed by atoms with Crippen molar-refractivity contribution in [1.82, 2.24) is 0 Å². The fraction of sp³-hybridized carbons (Fsp3) is 0.906. The molecular formula is C32H56F4O6. The second-order valence-electron chi connectivity index (χ2n) is 11.9. The maximum absolute atomic E-state index is 14.0. The summed E-state index contributed by atoms with van der Waals surface area (Å²) in [6.45, 7) is 6.86. The Kier molecular flexibility index (Phi) is 19.8. The van der Waals surface area contributed by atoms with Gasteiger partial charge in [-0.3, -0.25) is 0 Å². The van der Waals surface area contributed by atoms with E-state index in [9.17, 15) is 22.4 Å². The van der Waals surface area contributed by atoms with Crippen LogP contribution in [0.15, 0.2) is 12.4 Å². The van der Waals surface area contributed by atoms with E-state index in [4.69, 9.17) is 23.7 Å². The Morgan fingerprint density at radius 1 is 0.833 bits per heavy atom. The van der Waals surface area contributed by atoms with Crippen LogP contribution in [0.4, 0.5) is 17.6 Å². The van der Waals surface area contributed by atoms with E-state index >= 15 is 0 Å². The highest BCUT2D eigenvalue weighted by atomic mass is 19.4. The molecule has 0 aromatic rings. The first kappa shape index (κ1) is 38.8. The van der Waals surface area contributed by atoms with E-state index in [0.717, 1.165) is 25.7 Å². The van der Waals surface area contributed by atoms with Gasteiger partial charge in [0.2, 0.25) is 12.1 Å². The molecule has 0 radical (unpaired) electrons. The second kappa shape index (κ2) is 21.5. The molecule has 1 heterocycles. The largest absolute Gasteiger partial charge is 0.449 e. The summed E-state index contributed by atoms with van der Waals surface area (Å²) in [4.78, 5) is 11.6. The molecule has 0 aromatic carbocycles. The zero-order valence-corrected chi connectivity index (χ0v) is 26.3. The molecule has 42 heavy (non-hydrogen) atoms. The molecule has 10 heteroatoms. The van der Waals surface area contributed by atoms with Crippen LogP contribution < -0.4 is 0 Å². The summed E-state index contributed by atoms with van der Waals surface area (Å²) in [6, 6.07) is 0. The third-order valence-electron chi connectivity index (χ3n) is 7.59. The quantitative estimate of drug-likeness (QED) is 0.0336. The lowest BCUT2D eigenvalue weighted by Crippen LogP contribution is -2.60. The van der Waals surface area contributed by atoms with E-state index in [1.54, 1.807) is 0 Å². The van der Waals surface area contributed by atoms with Crippen LogP contribution in [0.25, 0.3) is 0 Å². The lowest BCUT2D eigenvalue weighted by atomic mass is 10.0. The molecule has 0 saturated carbocycles. The van der Waals surface area contributed by atoms with Crippen molar-refractivity contribution in [3.05, 3.63) is 12.4 Å². The van der Waals surface area contributed by atoms with Crippen molar-refractivity contribution in [2.45, 2.75) is 167 Å². The normalized spacial score (nSPS) is 19.6. The van der Waals surface area contributed by atoms with Gasteiger partial charge in [0.15, 0.2) is 12.4 Å². The summed E-state index contributed by atoms with van der Waals surface area (Å²) < 4.78 is 80.6. The van der Waals surface area contributed by atoms with Gasteiger partial charge in [0.1, 0.15) is 0 Å². The molecule has 0 N–H and O–H groups in total. The van der Waals surface area contributed by atoms with Crippen molar-refractivity contribution in [2.24, 2.45) is 0 Å². The fourth-order valence-electron chi connectivity index (χ4n) is 4.95. The molecule has 6 nitrogen and oxygen atoms in total. The van der Waals surface area contributed by atoms with E-state index in [-0.39, 0.29) is 13.2 Å². The van der Waals surface area contributed by atoms with Crippen LogP contribution in [0.1, 0.15) is 143 Å². The van der Waals surface area contributed by atoms with Gasteiger partial charge in [-0.15, -0.1) is 0 Å². The number of carbonyl (C=O) groups is 1. The smallest absolute Gasteiger partial charge is 0.443 e. The number of rotatable bonds is 25. The van der Waals surface area contributed by atoms with Crippen molar-refractivity contribution in [2.75, 3.05) is 20.0 Å². The summed E-state index contributed by atoms with van der Waals surface area (Å²) in [5, 5.41) is 0. The third-order valence-corrected chi connectivity index (χ3v) is 7.59. The van der Waals surface area contributed by atoms with E-state index in [1.165, 1.54) is 104 Å². The molecule has 0 aliphatic carbocycles. The fourth-order valence-corrected chi connectivity index (χ4v) is 4.95. The monoisotopic (exact) mass is 612 g/mol. The number of esters is 1. The lowest BCUT2D eigenvalue weighted by Gasteiger charge is -2.45. The zero-order chi connectivity index (χ0) is 31.3. The van der Waals surface area contributed by atoms with E-state index in [0.29, 0.717) is 0 Å². The molecule has 2 atom stereocenters. The number of alkyl halides is 3. The van der Waals surface area contributed by atoms with Crippen LogP contribution in [0, 0.1) is 0 Å². The first-order chi connectivity index (χ1) is 20.0. The van der Waals surface area contributed by atoms with Gasteiger partial charge >= 0.3 is 12.1 Å². The number of hydrogen-bond acceptors (Lipinski definition) is 6. The molecule has 2 unspecified atom stereocenters. The minimum absolute atomic E-state index is 0.272. The van der Waals surface area contributed by atoms with Crippen molar-refractivity contribution in [3.8, 4) is 0 Å². The number of halogens is 4. The second-order valence-corrected chi connectivity index (χ2v) is 11.9. The van der Waals surface area contributed by atoms with Crippen LogP contribution in [0.3, 0.4) is 0 Å². The molecular weight excluding hydrogens is 556 g/mol. The molecule has 0 amide bonds. The van der Waals surface area contributed by atoms with Gasteiger partial charge in [-0.25, -0.2) is 4.79 Å². The molecule has 0 spiro atoms. The summed E-state index contributed by atoms with van der Waals surface area (Å²) in [5.41, 5.74) is -1.74. The van der Waals surface area contributed by atoms with Crippen LogP contribution in [0.5, 0.6) is 0 Å². The number of hydrogen-bond donors (Lipinski definition) is 0. The standard InChI is InChI=1S/C32H56F4O6/c1-5-6-7-8-9-10-11-12-13-14-15-16-17-18-19-20-21-22-24-38-26-40-31(32(34,35)36)23-25-39-29(42-31)30(3,4)41-28(37)27(2)33/h29H,2,5-26H2,1,3-4H3. The summed E-state index contributed by atoms with van der Waals surface area (Å²) >= 11 is 0. The van der Waals surface area contributed by atoms with Crippen molar-refractivity contribution in [1.29, 1.82) is 0 Å². The Morgan fingerprint density at radius 3 is 1.71 bits per heavy atom. The number of ether oxygens (including phenoxy) is 5. The van der Waals surface area contributed by atoms with E-state index in [2.05, 4.69) is 13.5 Å². The van der Waals surface area contributed by atoms with Gasteiger partial charge in [0.05, 0.1) is 6.61 Å². The van der Waals surface area contributed by atoms with Gasteiger partial charge in [0.25, 0.3) is 5.79 Å². The van der Waals surface area contributed by atoms with Gasteiger partial charge in [-0.05, 0) is 20.3 Å². The van der Waals surface area contributed by atoms with E-state index < -0.39 is 48.9 Å². The zero-order valence-electron chi connectivity index (χ0n) is 26.3. The Morgan fingerprint density at radius 2 is 1.29 bits per heavy atom. The van der Waals surface area contributed by atoms with Crippen LogP contribution >= 0.6 is 0 Å². The minimum Gasteiger partial charge on any atom is -0.449 e. The van der Waals surface area contributed by atoms with Gasteiger partial charge in [-0.1, -0.05) is 123 Å². The molecule has 1 fully saturated rings. The van der Waals surface area contributed by atoms with E-state index in [1.807, 2.05) is 0 Å². The summed E-state index contributed by atoms with van der Waals surface area (Å²) in [5.74, 6) is -5.80. The molecule has 1 rings (SSSR count). The molecule has 1 saturated heterocycles. The molecule has 0 bridgehead atoms. The minimum atomic E-state index is -4.91. The summed E-state index contributed by atoms with van der Waals surface area (Å²) in [7, 11) is 0. The van der Waals surface area contributed by atoms with Crippen molar-refractivity contribution >= 4 is 5.97 Å². The predicted molar refractivity (Wildman–Crippen MR) is 155 cm³/mol. The van der Waals surface area contributed by atoms with Gasteiger partial charge < -0.3 is 23.7 Å².